The summed E-state index contributed by atoms with van der Waals surface area (Å²) in [5.74, 6) is 1.18. The highest BCUT2D eigenvalue weighted by atomic mass is 32.2. The van der Waals surface area contributed by atoms with Crippen LogP contribution in [0.5, 0.6) is 0 Å². The molecule has 0 spiro atoms. The zero-order valence-corrected chi connectivity index (χ0v) is 35.2. The second-order valence-corrected chi connectivity index (χ2v) is 17.8. The van der Waals surface area contributed by atoms with E-state index in [-0.39, 0.29) is 0 Å². The van der Waals surface area contributed by atoms with E-state index in [1.54, 1.807) is 0 Å². The molecule has 0 unspecified atom stereocenters. The van der Waals surface area contributed by atoms with E-state index in [1.807, 2.05) is 6.07 Å². The van der Waals surface area contributed by atoms with Crippen LogP contribution in [0.1, 0.15) is 50.1 Å². The van der Waals surface area contributed by atoms with Gasteiger partial charge in [-0.3, -0.25) is 0 Å². The lowest BCUT2D eigenvalue weighted by atomic mass is 9.12. The molecule has 0 N–H and O–H groups in total. The van der Waals surface area contributed by atoms with Gasteiger partial charge in [-0.1, -0.05) is 60.7 Å². The molecule has 372 valence electrons. The van der Waals surface area contributed by atoms with Crippen molar-refractivity contribution in [2.45, 2.75) is 60.1 Å². The summed E-state index contributed by atoms with van der Waals surface area (Å²) in [7, 11) is 0.491. The predicted molar refractivity (Wildman–Crippen MR) is 207 cm³/mol. The monoisotopic (exact) mass is 1050 g/mol. The molecule has 0 radical (unpaired) electrons. The summed E-state index contributed by atoms with van der Waals surface area (Å²) in [6, 6.07) is -0.446. The first kappa shape index (κ1) is 55.8. The number of hydrogen-bond donors (Lipinski definition) is 1. The van der Waals surface area contributed by atoms with Crippen LogP contribution in [-0.4, -0.2) is 18.7 Å². The third-order valence-electron chi connectivity index (χ3n) is 9.81. The summed E-state index contributed by atoms with van der Waals surface area (Å²) in [5, 5.41) is 0. The van der Waals surface area contributed by atoms with Crippen molar-refractivity contribution in [3.05, 3.63) is 147 Å². The fraction of sp³-hybridized carbons (Fsp3) is 0.268. The van der Waals surface area contributed by atoms with Crippen molar-refractivity contribution >= 4 is 51.5 Å². The van der Waals surface area contributed by atoms with Gasteiger partial charge in [0.15, 0.2) is 0 Å². The van der Waals surface area contributed by atoms with E-state index >= 15 is 0 Å². The average molecular weight is 1050 g/mol. The van der Waals surface area contributed by atoms with Crippen molar-refractivity contribution in [1.29, 1.82) is 0 Å². The van der Waals surface area contributed by atoms with E-state index in [4.69, 9.17) is 0 Å². The first-order valence-electron chi connectivity index (χ1n) is 18.1. The molecule has 5 rings (SSSR count). The Morgan fingerprint density at radius 2 is 0.544 bits per heavy atom. The van der Waals surface area contributed by atoms with Crippen molar-refractivity contribution in [3.63, 3.8) is 0 Å². The van der Waals surface area contributed by atoms with Crippen LogP contribution in [0.3, 0.4) is 0 Å². The molecule has 0 aliphatic heterocycles. The molecule has 0 fully saturated rings. The minimum absolute atomic E-state index is 0.491. The lowest BCUT2D eigenvalue weighted by molar-refractivity contribution is -0.144. The molecular weight excluding hydrogens is 1020 g/mol. The fourth-order valence-electron chi connectivity index (χ4n) is 7.05. The molecule has 0 aliphatic rings. The van der Waals surface area contributed by atoms with Gasteiger partial charge in [0.25, 0.3) is 0 Å². The van der Waals surface area contributed by atoms with Gasteiger partial charge in [0.05, 0.1) is 57.0 Å². The maximum atomic E-state index is 14.2. The first-order chi connectivity index (χ1) is 30.4. The number of rotatable bonds is 6. The number of hydrogen-bond acceptors (Lipinski definition) is 1. The summed E-state index contributed by atoms with van der Waals surface area (Å²) >= 11 is 4.28. The lowest BCUT2D eigenvalue weighted by Crippen LogP contribution is -2.75. The van der Waals surface area contributed by atoms with Crippen molar-refractivity contribution in [2.75, 3.05) is 12.5 Å². The van der Waals surface area contributed by atoms with Crippen molar-refractivity contribution in [2.24, 2.45) is 0 Å². The molecule has 0 atom stereocenters. The lowest BCUT2D eigenvalue weighted by Gasteiger charge is -2.46. The Labute approximate surface area is 376 Å². The minimum atomic E-state index is -6.13. The van der Waals surface area contributed by atoms with E-state index < -0.39 is 195 Å². The van der Waals surface area contributed by atoms with E-state index in [9.17, 15) is 105 Å². The Bertz CT molecular complexity index is 2150. The van der Waals surface area contributed by atoms with Crippen LogP contribution in [-0.2, 0) is 66.1 Å². The van der Waals surface area contributed by atoms with E-state index in [2.05, 4.69) is 43.3 Å². The van der Waals surface area contributed by atoms with Crippen LogP contribution in [0, 0.1) is 0 Å². The van der Waals surface area contributed by atoms with E-state index in [0.717, 1.165) is 4.90 Å². The summed E-state index contributed by atoms with van der Waals surface area (Å²) in [6.07, 6.45) is -50.3. The molecule has 5 aromatic carbocycles. The van der Waals surface area contributed by atoms with E-state index in [0.29, 0.717) is 10.9 Å². The number of alkyl halides is 24. The van der Waals surface area contributed by atoms with Crippen molar-refractivity contribution < 1.29 is 105 Å². The largest absolute Gasteiger partial charge is 0.416 e. The molecule has 0 heterocycles. The summed E-state index contributed by atoms with van der Waals surface area (Å²) in [5.41, 5.74) is -28.8. The van der Waals surface area contributed by atoms with Crippen LogP contribution in [0.2, 0.25) is 0 Å². The van der Waals surface area contributed by atoms with Crippen LogP contribution < -0.4 is 21.9 Å². The summed E-state index contributed by atoms with van der Waals surface area (Å²) < 4.78 is 341. The number of benzene rings is 5. The Morgan fingerprint density at radius 1 is 0.338 bits per heavy atom. The average Bonchev–Trinajstić information content (AvgIpc) is 3.15. The van der Waals surface area contributed by atoms with Crippen LogP contribution in [0.25, 0.3) is 0 Å². The van der Waals surface area contributed by atoms with Gasteiger partial charge in [-0.05, 0) is 47.3 Å². The molecule has 0 aliphatic carbocycles. The Balaban J connectivity index is 0.000000802. The molecule has 0 saturated heterocycles. The van der Waals surface area contributed by atoms with Gasteiger partial charge in [0, 0.05) is 10.5 Å². The van der Waals surface area contributed by atoms with Gasteiger partial charge in [0.2, 0.25) is 0 Å². The smallest absolute Gasteiger partial charge is 0.194 e. The van der Waals surface area contributed by atoms with Gasteiger partial charge in [0.1, 0.15) is 11.9 Å². The molecular formula is C41H25BF24S2. The molecule has 0 amide bonds. The molecule has 0 bridgehead atoms. The molecule has 5 aromatic rings. The molecule has 0 aromatic heterocycles. The Kier molecular flexibility index (Phi) is 15.4. The van der Waals surface area contributed by atoms with Gasteiger partial charge in [-0.15, -0.1) is 12.6 Å². The third kappa shape index (κ3) is 13.3. The topological polar surface area (TPSA) is 0 Å². The first-order valence-corrected chi connectivity index (χ1v) is 20.8. The van der Waals surface area contributed by atoms with Crippen LogP contribution >= 0.6 is 12.6 Å². The zero-order valence-electron chi connectivity index (χ0n) is 33.4. The van der Waals surface area contributed by atoms with Crippen molar-refractivity contribution in [1.82, 2.24) is 0 Å². The van der Waals surface area contributed by atoms with Crippen molar-refractivity contribution in [3.8, 4) is 0 Å². The standard InChI is InChI=1S/C32H12BF24.C9H12S2/c34-25(35,36)13-1-14(26(37,38)39)6-21(5-13)33(22-7-15(27(40,41)42)2-16(8-22)28(43,44)45,23-9-17(29(46,47)48)3-18(10-23)30(49,50)51)24-11-19(31(52,53)54)4-20(12-24)32(55,56)57;1-11(2)7-8-4-3-5-9(10)6-8/h1-12H;3-6H,7H2,1-2H3/q-1;/p+1. The predicted octanol–water partition coefficient (Wildman–Crippen LogP) is 13.6. The molecule has 0 nitrogen and oxygen atoms in total. The van der Waals surface area contributed by atoms with Gasteiger partial charge >= 0.3 is 49.4 Å². The minimum Gasteiger partial charge on any atom is -0.194 e. The van der Waals surface area contributed by atoms with Gasteiger partial charge < -0.3 is 0 Å². The van der Waals surface area contributed by atoms with Crippen LogP contribution in [0.4, 0.5) is 105 Å². The highest BCUT2D eigenvalue weighted by Crippen LogP contribution is 2.41. The van der Waals surface area contributed by atoms with E-state index in [1.165, 1.54) is 11.3 Å². The number of thiol groups is 1. The SMILES string of the molecule is C[S+](C)Cc1cccc(S)c1.FC(F)(F)c1cc([B-](c2cc(C(F)(F)F)cc(C(F)(F)F)c2)(c2cc(C(F)(F)F)cc(C(F)(F)F)c2)c2cc(C(F)(F)F)cc(C(F)(F)F)c2)cc(C(F)(F)F)c1. The number of halogens is 24. The molecule has 27 heteroatoms. The highest BCUT2D eigenvalue weighted by molar-refractivity contribution is 7.94. The second kappa shape index (κ2) is 18.8. The maximum absolute atomic E-state index is 14.2. The Morgan fingerprint density at radius 3 is 0.706 bits per heavy atom. The highest BCUT2D eigenvalue weighted by Gasteiger charge is 2.47. The summed E-state index contributed by atoms with van der Waals surface area (Å²) in [4.78, 5) is 1.06. The third-order valence-corrected chi connectivity index (χ3v) is 11.0. The zero-order chi connectivity index (χ0) is 52.2. The summed E-state index contributed by atoms with van der Waals surface area (Å²) in [6.45, 7) is 0. The van der Waals surface area contributed by atoms with Gasteiger partial charge in [-0.25, -0.2) is 0 Å². The Hall–Kier alpha value is -4.82. The molecule has 0 saturated carbocycles. The second-order valence-electron chi connectivity index (χ2n) is 15.0. The molecule has 68 heavy (non-hydrogen) atoms. The quantitative estimate of drug-likeness (QED) is 0.0745. The maximum Gasteiger partial charge on any atom is 0.416 e. The normalized spacial score (nSPS) is 13.7. The van der Waals surface area contributed by atoms with Crippen LogP contribution in [0.15, 0.2) is 102 Å². The van der Waals surface area contributed by atoms with Gasteiger partial charge in [-0.2, -0.15) is 127 Å². The fourth-order valence-corrected chi connectivity index (χ4v) is 8.15.